The van der Waals surface area contributed by atoms with Gasteiger partial charge in [-0.2, -0.15) is 0 Å². The number of nitro groups is 1. The third kappa shape index (κ3) is 4.69. The van der Waals surface area contributed by atoms with Crippen molar-refractivity contribution >= 4 is 27.1 Å². The van der Waals surface area contributed by atoms with Gasteiger partial charge in [-0.15, -0.1) is 0 Å². The maximum Gasteiger partial charge on any atom is 0.293 e. The average molecular weight is 379 g/mol. The van der Waals surface area contributed by atoms with Crippen molar-refractivity contribution in [1.29, 1.82) is 0 Å². The van der Waals surface area contributed by atoms with Gasteiger partial charge in [0, 0.05) is 44.6 Å². The molecule has 140 valence electrons. The zero-order valence-electron chi connectivity index (χ0n) is 14.7. The summed E-state index contributed by atoms with van der Waals surface area (Å²) in [5, 5.41) is 11.4. The van der Waals surface area contributed by atoms with Gasteiger partial charge in [0.15, 0.2) is 9.84 Å². The summed E-state index contributed by atoms with van der Waals surface area (Å²) in [7, 11) is -3.53. The highest BCUT2D eigenvalue weighted by Gasteiger charge is 2.26. The number of carbonyl (C=O) groups excluding carboxylic acids is 1. The van der Waals surface area contributed by atoms with Crippen LogP contribution in [0.1, 0.15) is 6.92 Å². The van der Waals surface area contributed by atoms with Gasteiger partial charge in [-0.3, -0.25) is 14.9 Å². The lowest BCUT2D eigenvalue weighted by molar-refractivity contribution is -0.384. The van der Waals surface area contributed by atoms with E-state index >= 15 is 0 Å². The van der Waals surface area contributed by atoms with Crippen LogP contribution in [0, 0.1) is 10.1 Å². The van der Waals surface area contributed by atoms with Crippen LogP contribution in [0.15, 0.2) is 47.4 Å². The fraction of sp³-hybridized carbons (Fsp3) is 0.353. The fourth-order valence-electron chi connectivity index (χ4n) is 2.67. The van der Waals surface area contributed by atoms with Crippen molar-refractivity contribution in [2.75, 3.05) is 37.3 Å². The molecule has 1 heterocycles. The van der Waals surface area contributed by atoms with E-state index in [1.165, 1.54) is 18.2 Å². The average Bonchev–Trinajstić information content (AvgIpc) is 2.60. The summed E-state index contributed by atoms with van der Waals surface area (Å²) >= 11 is 0. The second-order valence-corrected chi connectivity index (χ2v) is 7.89. The fourth-order valence-corrected chi connectivity index (χ4v) is 3.31. The Bertz CT molecular complexity index is 853. The van der Waals surface area contributed by atoms with Crippen LogP contribution in [0.4, 0.5) is 11.4 Å². The Morgan fingerprint density at radius 3 is 2.38 bits per heavy atom. The standard InChI is InChI=1S/C17H21N3O5S/c1-3-4-5-6-17(21)19-11-9-18(10-12-19)15-8-7-14(26(2,24)25)13-16(15)20(22)23/h3-8,13H,9-12H2,1-2H3/b4-3+,6-5+. The molecule has 0 atom stereocenters. The predicted octanol–water partition coefficient (Wildman–Crippen LogP) is 1.78. The second kappa shape index (κ2) is 8.13. The number of nitro benzene ring substituents is 1. The minimum atomic E-state index is -3.53. The predicted molar refractivity (Wildman–Crippen MR) is 99.0 cm³/mol. The van der Waals surface area contributed by atoms with Crippen molar-refractivity contribution in [2.45, 2.75) is 11.8 Å². The Hall–Kier alpha value is -2.68. The number of hydrogen-bond donors (Lipinski definition) is 0. The molecule has 0 aromatic heterocycles. The van der Waals surface area contributed by atoms with Gasteiger partial charge in [-0.1, -0.05) is 18.2 Å². The molecule has 0 aliphatic carbocycles. The number of benzene rings is 1. The summed E-state index contributed by atoms with van der Waals surface area (Å²) in [6, 6.07) is 3.91. The van der Waals surface area contributed by atoms with Gasteiger partial charge in [0.05, 0.1) is 9.82 Å². The molecule has 0 radical (unpaired) electrons. The zero-order chi connectivity index (χ0) is 19.3. The van der Waals surface area contributed by atoms with E-state index in [-0.39, 0.29) is 16.5 Å². The van der Waals surface area contributed by atoms with Crippen molar-refractivity contribution in [3.63, 3.8) is 0 Å². The lowest BCUT2D eigenvalue weighted by atomic mass is 10.2. The molecule has 1 aliphatic rings. The van der Waals surface area contributed by atoms with Crippen LogP contribution in [0.3, 0.4) is 0 Å². The highest BCUT2D eigenvalue weighted by atomic mass is 32.2. The van der Waals surface area contributed by atoms with E-state index in [0.29, 0.717) is 31.9 Å². The first-order valence-electron chi connectivity index (χ1n) is 8.05. The molecular weight excluding hydrogens is 358 g/mol. The van der Waals surface area contributed by atoms with Crippen LogP contribution in [-0.4, -0.2) is 56.6 Å². The summed E-state index contributed by atoms with van der Waals surface area (Å²) in [6.07, 6.45) is 7.75. The number of rotatable bonds is 5. The smallest absolute Gasteiger partial charge is 0.293 e. The Morgan fingerprint density at radius 2 is 1.85 bits per heavy atom. The van der Waals surface area contributed by atoms with E-state index in [1.54, 1.807) is 22.0 Å². The topological polar surface area (TPSA) is 101 Å². The van der Waals surface area contributed by atoms with Gasteiger partial charge in [-0.25, -0.2) is 8.42 Å². The molecule has 8 nitrogen and oxygen atoms in total. The highest BCUT2D eigenvalue weighted by molar-refractivity contribution is 7.90. The van der Waals surface area contributed by atoms with Crippen molar-refractivity contribution in [3.05, 3.63) is 52.6 Å². The Kier molecular flexibility index (Phi) is 6.14. The van der Waals surface area contributed by atoms with Gasteiger partial charge in [-0.05, 0) is 19.1 Å². The molecule has 1 aromatic carbocycles. The first-order valence-corrected chi connectivity index (χ1v) is 9.95. The Morgan fingerprint density at radius 1 is 1.19 bits per heavy atom. The number of hydrogen-bond acceptors (Lipinski definition) is 6. The molecule has 9 heteroatoms. The van der Waals surface area contributed by atoms with Crippen LogP contribution < -0.4 is 4.90 Å². The molecule has 0 spiro atoms. The SMILES string of the molecule is C/C=C/C=C/C(=O)N1CCN(c2ccc(S(C)(=O)=O)cc2[N+](=O)[O-])CC1. The van der Waals surface area contributed by atoms with Gasteiger partial charge in [0.2, 0.25) is 5.91 Å². The monoisotopic (exact) mass is 379 g/mol. The summed E-state index contributed by atoms with van der Waals surface area (Å²) in [6.45, 7) is 3.59. The summed E-state index contributed by atoms with van der Waals surface area (Å²) < 4.78 is 23.3. The Balaban J connectivity index is 2.16. The third-order valence-corrected chi connectivity index (χ3v) is 5.16. The van der Waals surface area contributed by atoms with Crippen molar-refractivity contribution < 1.29 is 18.1 Å². The lowest BCUT2D eigenvalue weighted by Crippen LogP contribution is -2.48. The number of anilines is 1. The van der Waals surface area contributed by atoms with Gasteiger partial charge >= 0.3 is 0 Å². The lowest BCUT2D eigenvalue weighted by Gasteiger charge is -2.35. The molecule has 1 aromatic rings. The molecule has 0 saturated carbocycles. The first-order chi connectivity index (χ1) is 12.2. The first kappa shape index (κ1) is 19.6. The largest absolute Gasteiger partial charge is 0.362 e. The maximum absolute atomic E-state index is 12.1. The molecule has 26 heavy (non-hydrogen) atoms. The zero-order valence-corrected chi connectivity index (χ0v) is 15.5. The molecule has 0 N–H and O–H groups in total. The van der Waals surface area contributed by atoms with Crippen molar-refractivity contribution in [2.24, 2.45) is 0 Å². The normalized spacial score (nSPS) is 15.8. The molecule has 1 amide bonds. The maximum atomic E-state index is 12.1. The van der Waals surface area contributed by atoms with Gasteiger partial charge < -0.3 is 9.80 Å². The van der Waals surface area contributed by atoms with E-state index in [4.69, 9.17) is 0 Å². The van der Waals surface area contributed by atoms with E-state index in [0.717, 1.165) is 12.3 Å². The van der Waals surface area contributed by atoms with Crippen molar-refractivity contribution in [1.82, 2.24) is 4.90 Å². The van der Waals surface area contributed by atoms with Crippen LogP contribution in [0.25, 0.3) is 0 Å². The minimum Gasteiger partial charge on any atom is -0.362 e. The highest BCUT2D eigenvalue weighted by Crippen LogP contribution is 2.31. The van der Waals surface area contributed by atoms with Crippen LogP contribution in [0.5, 0.6) is 0 Å². The summed E-state index contributed by atoms with van der Waals surface area (Å²) in [4.78, 5) is 26.2. The van der Waals surface area contributed by atoms with Gasteiger partial charge in [0.1, 0.15) is 5.69 Å². The Labute approximate surface area is 152 Å². The number of carbonyl (C=O) groups is 1. The molecule has 1 aliphatic heterocycles. The van der Waals surface area contributed by atoms with Crippen LogP contribution in [-0.2, 0) is 14.6 Å². The second-order valence-electron chi connectivity index (χ2n) is 5.88. The van der Waals surface area contributed by atoms with E-state index in [1.807, 2.05) is 13.0 Å². The van der Waals surface area contributed by atoms with Crippen LogP contribution >= 0.6 is 0 Å². The molecule has 0 bridgehead atoms. The molecule has 2 rings (SSSR count). The van der Waals surface area contributed by atoms with E-state index in [2.05, 4.69) is 0 Å². The molecular formula is C17H21N3O5S. The number of piperazine rings is 1. The summed E-state index contributed by atoms with van der Waals surface area (Å²) in [5.41, 5.74) is 0.111. The number of allylic oxidation sites excluding steroid dienone is 3. The quantitative estimate of drug-likeness (QED) is 0.334. The number of sulfone groups is 1. The minimum absolute atomic E-state index is 0.0871. The van der Waals surface area contributed by atoms with Crippen LogP contribution in [0.2, 0.25) is 0 Å². The molecule has 1 fully saturated rings. The third-order valence-electron chi connectivity index (χ3n) is 4.05. The number of nitrogens with zero attached hydrogens (tertiary/aromatic N) is 3. The van der Waals surface area contributed by atoms with Gasteiger partial charge in [0.25, 0.3) is 5.69 Å². The van der Waals surface area contributed by atoms with E-state index in [9.17, 15) is 23.3 Å². The van der Waals surface area contributed by atoms with Crippen molar-refractivity contribution in [3.8, 4) is 0 Å². The molecule has 1 saturated heterocycles. The molecule has 0 unspecified atom stereocenters. The number of amides is 1. The summed E-state index contributed by atoms with van der Waals surface area (Å²) in [5.74, 6) is -0.107. The van der Waals surface area contributed by atoms with E-state index < -0.39 is 14.8 Å².